The third-order valence-corrected chi connectivity index (χ3v) is 2.57. The summed E-state index contributed by atoms with van der Waals surface area (Å²) in [6, 6.07) is 0.258. The summed E-state index contributed by atoms with van der Waals surface area (Å²) in [5.41, 5.74) is 1.51. The van der Waals surface area contributed by atoms with Gasteiger partial charge in [-0.05, 0) is 26.0 Å². The average Bonchev–Trinajstić information content (AvgIpc) is 2.94. The standard InChI is InChI=1S/C13H16N4O/c1-10(2)17-9-12(7-15-17)13(18)5-4-11-6-14-16(3)8-11/h4-10H,1-3H3. The summed E-state index contributed by atoms with van der Waals surface area (Å²) in [4.78, 5) is 11.9. The van der Waals surface area contributed by atoms with Gasteiger partial charge in [0.05, 0.1) is 18.0 Å². The van der Waals surface area contributed by atoms with Crippen LogP contribution in [0.15, 0.2) is 30.9 Å². The van der Waals surface area contributed by atoms with Gasteiger partial charge in [-0.2, -0.15) is 10.2 Å². The van der Waals surface area contributed by atoms with Crippen LogP contribution in [-0.4, -0.2) is 25.3 Å². The number of aryl methyl sites for hydroxylation is 1. The van der Waals surface area contributed by atoms with Crippen LogP contribution in [0.5, 0.6) is 0 Å². The topological polar surface area (TPSA) is 52.7 Å². The molecule has 2 aromatic heterocycles. The number of carbonyl (C=O) groups is 1. The van der Waals surface area contributed by atoms with Gasteiger partial charge >= 0.3 is 0 Å². The number of rotatable bonds is 4. The van der Waals surface area contributed by atoms with Crippen LogP contribution < -0.4 is 0 Å². The van der Waals surface area contributed by atoms with E-state index in [4.69, 9.17) is 0 Å². The van der Waals surface area contributed by atoms with Gasteiger partial charge in [0.15, 0.2) is 5.78 Å². The zero-order chi connectivity index (χ0) is 13.1. The molecule has 2 rings (SSSR count). The number of aromatic nitrogens is 4. The lowest BCUT2D eigenvalue weighted by molar-refractivity contribution is 0.104. The molecule has 0 amide bonds. The van der Waals surface area contributed by atoms with Gasteiger partial charge in [-0.3, -0.25) is 14.2 Å². The van der Waals surface area contributed by atoms with E-state index in [1.54, 1.807) is 40.1 Å². The van der Waals surface area contributed by atoms with Gasteiger partial charge in [-0.15, -0.1) is 0 Å². The fraction of sp³-hybridized carbons (Fsp3) is 0.308. The minimum absolute atomic E-state index is 0.0502. The Balaban J connectivity index is 2.09. The zero-order valence-corrected chi connectivity index (χ0v) is 10.7. The highest BCUT2D eigenvalue weighted by atomic mass is 16.1. The van der Waals surface area contributed by atoms with Crippen molar-refractivity contribution in [2.75, 3.05) is 0 Å². The van der Waals surface area contributed by atoms with Crippen LogP contribution in [0.4, 0.5) is 0 Å². The van der Waals surface area contributed by atoms with Crippen molar-refractivity contribution in [2.45, 2.75) is 19.9 Å². The Kier molecular flexibility index (Phi) is 3.41. The lowest BCUT2D eigenvalue weighted by Crippen LogP contribution is -2.00. The molecule has 0 radical (unpaired) electrons. The van der Waals surface area contributed by atoms with Crippen LogP contribution in [-0.2, 0) is 7.05 Å². The van der Waals surface area contributed by atoms with E-state index in [-0.39, 0.29) is 11.8 Å². The summed E-state index contributed by atoms with van der Waals surface area (Å²) in [5.74, 6) is -0.0502. The van der Waals surface area contributed by atoms with Crippen LogP contribution >= 0.6 is 0 Å². The molecular formula is C13H16N4O. The van der Waals surface area contributed by atoms with Gasteiger partial charge in [0.1, 0.15) is 0 Å². The Labute approximate surface area is 106 Å². The fourth-order valence-electron chi connectivity index (χ4n) is 1.54. The second-order valence-corrected chi connectivity index (χ2v) is 4.45. The van der Waals surface area contributed by atoms with Crippen molar-refractivity contribution in [3.8, 4) is 0 Å². The van der Waals surface area contributed by atoms with Gasteiger partial charge in [-0.25, -0.2) is 0 Å². The Morgan fingerprint density at radius 1 is 1.28 bits per heavy atom. The Morgan fingerprint density at radius 3 is 2.61 bits per heavy atom. The predicted octanol–water partition coefficient (Wildman–Crippen LogP) is 2.09. The Hall–Kier alpha value is -2.17. The SMILES string of the molecule is CC(C)n1cc(C(=O)C=Cc2cnn(C)c2)cn1. The third kappa shape index (κ3) is 2.74. The molecule has 0 aliphatic heterocycles. The molecule has 0 aromatic carbocycles. The van der Waals surface area contributed by atoms with E-state index in [2.05, 4.69) is 10.2 Å². The van der Waals surface area contributed by atoms with E-state index in [1.165, 1.54) is 0 Å². The van der Waals surface area contributed by atoms with E-state index >= 15 is 0 Å². The van der Waals surface area contributed by atoms with Gasteiger partial charge in [-0.1, -0.05) is 0 Å². The molecule has 0 saturated carbocycles. The lowest BCUT2D eigenvalue weighted by Gasteiger charge is -2.02. The van der Waals surface area contributed by atoms with E-state index in [0.29, 0.717) is 5.56 Å². The van der Waals surface area contributed by atoms with Crippen molar-refractivity contribution >= 4 is 11.9 Å². The second-order valence-electron chi connectivity index (χ2n) is 4.45. The highest BCUT2D eigenvalue weighted by Crippen LogP contribution is 2.08. The maximum atomic E-state index is 11.9. The summed E-state index contributed by atoms with van der Waals surface area (Å²) < 4.78 is 3.46. The molecule has 5 heteroatoms. The first-order valence-corrected chi connectivity index (χ1v) is 5.81. The predicted molar refractivity (Wildman–Crippen MR) is 69.2 cm³/mol. The molecule has 0 aliphatic carbocycles. The van der Waals surface area contributed by atoms with E-state index in [9.17, 15) is 4.79 Å². The maximum absolute atomic E-state index is 11.9. The van der Waals surface area contributed by atoms with Crippen molar-refractivity contribution in [3.63, 3.8) is 0 Å². The molecule has 0 N–H and O–H groups in total. The van der Waals surface area contributed by atoms with Crippen LogP contribution in [0.1, 0.15) is 35.8 Å². The third-order valence-electron chi connectivity index (χ3n) is 2.57. The van der Waals surface area contributed by atoms with E-state index in [1.807, 2.05) is 27.1 Å². The molecule has 2 aromatic rings. The highest BCUT2D eigenvalue weighted by Gasteiger charge is 2.07. The molecule has 0 atom stereocenters. The molecule has 0 aliphatic rings. The molecule has 0 saturated heterocycles. The van der Waals surface area contributed by atoms with Crippen LogP contribution in [0.25, 0.3) is 6.08 Å². The first kappa shape index (κ1) is 12.3. The summed E-state index contributed by atoms with van der Waals surface area (Å²) in [7, 11) is 1.84. The smallest absolute Gasteiger partial charge is 0.189 e. The average molecular weight is 244 g/mol. The molecule has 0 unspecified atom stereocenters. The van der Waals surface area contributed by atoms with Crippen LogP contribution in [0, 0.1) is 0 Å². The minimum atomic E-state index is -0.0502. The molecule has 0 fully saturated rings. The molecule has 5 nitrogen and oxygen atoms in total. The second kappa shape index (κ2) is 5.00. The van der Waals surface area contributed by atoms with Gasteiger partial charge in [0.25, 0.3) is 0 Å². The monoisotopic (exact) mass is 244 g/mol. The van der Waals surface area contributed by atoms with Crippen molar-refractivity contribution in [1.29, 1.82) is 0 Å². The molecule has 2 heterocycles. The summed E-state index contributed by atoms with van der Waals surface area (Å²) >= 11 is 0. The van der Waals surface area contributed by atoms with Gasteiger partial charge < -0.3 is 0 Å². The van der Waals surface area contributed by atoms with Crippen LogP contribution in [0.3, 0.4) is 0 Å². The zero-order valence-electron chi connectivity index (χ0n) is 10.7. The van der Waals surface area contributed by atoms with Crippen LogP contribution in [0.2, 0.25) is 0 Å². The van der Waals surface area contributed by atoms with Gasteiger partial charge in [0, 0.05) is 31.0 Å². The number of allylic oxidation sites excluding steroid dienone is 1. The molecule has 0 bridgehead atoms. The fourth-order valence-corrected chi connectivity index (χ4v) is 1.54. The Morgan fingerprint density at radius 2 is 2.06 bits per heavy atom. The summed E-state index contributed by atoms with van der Waals surface area (Å²) in [5, 5.41) is 8.17. The normalized spacial score (nSPS) is 11.6. The number of nitrogens with zero attached hydrogens (tertiary/aromatic N) is 4. The van der Waals surface area contributed by atoms with Crippen molar-refractivity contribution in [3.05, 3.63) is 42.0 Å². The molecule has 18 heavy (non-hydrogen) atoms. The summed E-state index contributed by atoms with van der Waals surface area (Å²) in [6.45, 7) is 4.04. The minimum Gasteiger partial charge on any atom is -0.289 e. The van der Waals surface area contributed by atoms with Crippen molar-refractivity contribution in [1.82, 2.24) is 19.6 Å². The van der Waals surface area contributed by atoms with Crippen molar-refractivity contribution in [2.24, 2.45) is 7.05 Å². The number of hydrogen-bond donors (Lipinski definition) is 0. The quantitative estimate of drug-likeness (QED) is 0.611. The lowest BCUT2D eigenvalue weighted by atomic mass is 10.2. The highest BCUT2D eigenvalue weighted by molar-refractivity contribution is 6.06. The van der Waals surface area contributed by atoms with Crippen molar-refractivity contribution < 1.29 is 4.79 Å². The number of ketones is 1. The molecule has 0 spiro atoms. The van der Waals surface area contributed by atoms with E-state index in [0.717, 1.165) is 5.56 Å². The van der Waals surface area contributed by atoms with E-state index < -0.39 is 0 Å². The first-order valence-electron chi connectivity index (χ1n) is 5.81. The first-order chi connectivity index (χ1) is 8.56. The number of hydrogen-bond acceptors (Lipinski definition) is 3. The molecule has 94 valence electrons. The number of carbonyl (C=O) groups excluding carboxylic acids is 1. The summed E-state index contributed by atoms with van der Waals surface area (Å²) in [6.07, 6.45) is 10.2. The Bertz CT molecular complexity index is 577. The maximum Gasteiger partial charge on any atom is 0.189 e. The van der Waals surface area contributed by atoms with Gasteiger partial charge in [0.2, 0.25) is 0 Å². The molecular weight excluding hydrogens is 228 g/mol. The largest absolute Gasteiger partial charge is 0.289 e.